The van der Waals surface area contributed by atoms with Crippen LogP contribution >= 0.6 is 11.3 Å². The fraction of sp³-hybridized carbons (Fsp3) is 0.125. The van der Waals surface area contributed by atoms with Crippen LogP contribution in [0.3, 0.4) is 0 Å². The van der Waals surface area contributed by atoms with Gasteiger partial charge in [-0.1, -0.05) is 24.8 Å². The number of benzene rings is 1. The van der Waals surface area contributed by atoms with Crippen LogP contribution in [0.25, 0.3) is 5.76 Å². The molecule has 3 heterocycles. The first-order valence-corrected chi connectivity index (χ1v) is 10.5. The van der Waals surface area contributed by atoms with Gasteiger partial charge in [0, 0.05) is 29.4 Å². The van der Waals surface area contributed by atoms with E-state index >= 15 is 0 Å². The van der Waals surface area contributed by atoms with Gasteiger partial charge >= 0.3 is 0 Å². The number of ether oxygens (including phenoxy) is 1. The Balaban J connectivity index is 1.75. The number of thiophene rings is 1. The number of hydrogen-bond acceptors (Lipinski definition) is 6. The summed E-state index contributed by atoms with van der Waals surface area (Å²) in [5.74, 6) is -0.939. The van der Waals surface area contributed by atoms with Gasteiger partial charge in [0.1, 0.15) is 18.1 Å². The number of nitrogens with zero attached hydrogens (tertiary/aromatic N) is 2. The number of aromatic nitrogens is 1. The van der Waals surface area contributed by atoms with Gasteiger partial charge in [0.05, 0.1) is 11.6 Å². The molecule has 1 N–H and O–H groups in total. The van der Waals surface area contributed by atoms with E-state index in [-0.39, 0.29) is 17.9 Å². The molecule has 2 aromatic heterocycles. The lowest BCUT2D eigenvalue weighted by Gasteiger charge is -2.24. The van der Waals surface area contributed by atoms with Crippen molar-refractivity contribution in [1.82, 2.24) is 9.88 Å². The van der Waals surface area contributed by atoms with Gasteiger partial charge in [-0.25, -0.2) is 0 Å². The van der Waals surface area contributed by atoms with Crippen LogP contribution in [0.1, 0.15) is 22.0 Å². The van der Waals surface area contributed by atoms with Crippen LogP contribution in [-0.4, -0.2) is 33.3 Å². The third-order valence-electron chi connectivity index (χ3n) is 4.92. The minimum Gasteiger partial charge on any atom is -0.507 e. The van der Waals surface area contributed by atoms with E-state index in [4.69, 9.17) is 4.74 Å². The average molecular weight is 433 g/mol. The summed E-state index contributed by atoms with van der Waals surface area (Å²) < 4.78 is 5.47. The molecule has 1 fully saturated rings. The average Bonchev–Trinajstić information content (AvgIpc) is 3.41. The Kier molecular flexibility index (Phi) is 5.95. The standard InChI is InChI=1S/C24H20N2O4S/c1-2-12-30-18-9-7-17(8-10-18)22(27)20-21(19-6-4-13-31-19)26(24(29)23(20)28)15-16-5-3-11-25-14-16/h2-11,13-14,21,27H,1,12,15H2/b22-20+. The van der Waals surface area contributed by atoms with Crippen molar-refractivity contribution in [3.05, 3.63) is 101 Å². The molecular weight excluding hydrogens is 412 g/mol. The zero-order chi connectivity index (χ0) is 21.8. The summed E-state index contributed by atoms with van der Waals surface area (Å²) >= 11 is 1.43. The van der Waals surface area contributed by atoms with Crippen molar-refractivity contribution in [3.8, 4) is 5.75 Å². The normalized spacial score (nSPS) is 17.7. The fourth-order valence-electron chi connectivity index (χ4n) is 3.49. The SMILES string of the molecule is C=CCOc1ccc(/C(O)=C2\C(=O)C(=O)N(Cc3cccnc3)C2c2cccs2)cc1. The van der Waals surface area contributed by atoms with E-state index in [1.807, 2.05) is 23.6 Å². The number of likely N-dealkylation sites (tertiary alicyclic amines) is 1. The quantitative estimate of drug-likeness (QED) is 0.260. The molecule has 1 saturated heterocycles. The van der Waals surface area contributed by atoms with Gasteiger partial charge in [-0.05, 0) is 47.3 Å². The van der Waals surface area contributed by atoms with Gasteiger partial charge < -0.3 is 14.7 Å². The lowest BCUT2D eigenvalue weighted by molar-refractivity contribution is -0.140. The maximum absolute atomic E-state index is 13.0. The number of aliphatic hydroxyl groups excluding tert-OH is 1. The molecule has 0 saturated carbocycles. The summed E-state index contributed by atoms with van der Waals surface area (Å²) in [6.07, 6.45) is 4.95. The maximum Gasteiger partial charge on any atom is 0.295 e. The number of pyridine rings is 1. The molecule has 7 heteroatoms. The third kappa shape index (κ3) is 4.13. The molecule has 6 nitrogen and oxygen atoms in total. The first-order valence-electron chi connectivity index (χ1n) is 9.65. The van der Waals surface area contributed by atoms with Crippen molar-refractivity contribution in [2.45, 2.75) is 12.6 Å². The Bertz CT molecular complexity index is 1120. The highest BCUT2D eigenvalue weighted by Gasteiger charge is 2.46. The number of ketones is 1. The molecule has 3 aromatic rings. The van der Waals surface area contributed by atoms with Crippen LogP contribution in [0, 0.1) is 0 Å². The summed E-state index contributed by atoms with van der Waals surface area (Å²) in [5, 5.41) is 12.9. The topological polar surface area (TPSA) is 79.7 Å². The lowest BCUT2D eigenvalue weighted by Crippen LogP contribution is -2.28. The molecule has 0 aliphatic carbocycles. The van der Waals surface area contributed by atoms with Gasteiger partial charge in [0.15, 0.2) is 0 Å². The van der Waals surface area contributed by atoms with Crippen LogP contribution < -0.4 is 4.74 Å². The minimum atomic E-state index is -0.702. The summed E-state index contributed by atoms with van der Waals surface area (Å²) in [6.45, 7) is 4.19. The first-order chi connectivity index (χ1) is 15.1. The number of Topliss-reactive ketones (excluding diaryl/α,β-unsaturated/α-hetero) is 1. The van der Waals surface area contributed by atoms with E-state index < -0.39 is 17.7 Å². The molecule has 156 valence electrons. The Morgan fingerprint density at radius 2 is 2.00 bits per heavy atom. The van der Waals surface area contributed by atoms with E-state index in [1.54, 1.807) is 48.8 Å². The molecule has 31 heavy (non-hydrogen) atoms. The second-order valence-corrected chi connectivity index (χ2v) is 7.91. The molecular formula is C24H20N2O4S. The number of amides is 1. The molecule has 0 spiro atoms. The summed E-state index contributed by atoms with van der Waals surface area (Å²) in [4.78, 5) is 32.3. The highest BCUT2D eigenvalue weighted by molar-refractivity contribution is 7.10. The number of carbonyl (C=O) groups is 2. The van der Waals surface area contributed by atoms with Crippen molar-refractivity contribution >= 4 is 28.8 Å². The van der Waals surface area contributed by atoms with Crippen molar-refractivity contribution in [3.63, 3.8) is 0 Å². The number of hydrogen-bond donors (Lipinski definition) is 1. The summed E-state index contributed by atoms with van der Waals surface area (Å²) in [5.41, 5.74) is 1.32. The summed E-state index contributed by atoms with van der Waals surface area (Å²) in [7, 11) is 0. The second-order valence-electron chi connectivity index (χ2n) is 6.93. The predicted octanol–water partition coefficient (Wildman–Crippen LogP) is 4.33. The molecule has 1 aliphatic heterocycles. The number of rotatable bonds is 7. The predicted molar refractivity (Wildman–Crippen MR) is 119 cm³/mol. The van der Waals surface area contributed by atoms with E-state index in [1.165, 1.54) is 16.2 Å². The van der Waals surface area contributed by atoms with Gasteiger partial charge in [-0.15, -0.1) is 11.3 Å². The van der Waals surface area contributed by atoms with Crippen LogP contribution in [0.5, 0.6) is 5.75 Å². The summed E-state index contributed by atoms with van der Waals surface area (Å²) in [6, 6.07) is 13.4. The van der Waals surface area contributed by atoms with E-state index in [0.717, 1.165) is 10.4 Å². The monoisotopic (exact) mass is 432 g/mol. The van der Waals surface area contributed by atoms with Gasteiger partial charge in [-0.3, -0.25) is 14.6 Å². The Hall–Kier alpha value is -3.71. The highest BCUT2D eigenvalue weighted by Crippen LogP contribution is 2.41. The minimum absolute atomic E-state index is 0.0797. The van der Waals surface area contributed by atoms with E-state index in [2.05, 4.69) is 11.6 Å². The van der Waals surface area contributed by atoms with Gasteiger partial charge in [0.25, 0.3) is 11.7 Å². The zero-order valence-corrected chi connectivity index (χ0v) is 17.4. The van der Waals surface area contributed by atoms with Gasteiger partial charge in [0.2, 0.25) is 0 Å². The van der Waals surface area contributed by atoms with Crippen molar-refractivity contribution in [2.75, 3.05) is 6.61 Å². The molecule has 1 aromatic carbocycles. The molecule has 1 amide bonds. The van der Waals surface area contributed by atoms with Gasteiger partial charge in [-0.2, -0.15) is 0 Å². The largest absolute Gasteiger partial charge is 0.507 e. The Morgan fingerprint density at radius 3 is 2.65 bits per heavy atom. The smallest absolute Gasteiger partial charge is 0.295 e. The molecule has 1 unspecified atom stereocenters. The van der Waals surface area contributed by atoms with Crippen molar-refractivity contribution in [2.24, 2.45) is 0 Å². The second kappa shape index (κ2) is 8.97. The Morgan fingerprint density at radius 1 is 1.19 bits per heavy atom. The van der Waals surface area contributed by atoms with Crippen LogP contribution in [-0.2, 0) is 16.1 Å². The maximum atomic E-state index is 13.0. The van der Waals surface area contributed by atoms with Crippen molar-refractivity contribution < 1.29 is 19.4 Å². The van der Waals surface area contributed by atoms with E-state index in [9.17, 15) is 14.7 Å². The molecule has 4 rings (SSSR count). The van der Waals surface area contributed by atoms with Crippen LogP contribution in [0.4, 0.5) is 0 Å². The zero-order valence-electron chi connectivity index (χ0n) is 16.6. The lowest BCUT2D eigenvalue weighted by atomic mass is 9.99. The van der Waals surface area contributed by atoms with Crippen molar-refractivity contribution in [1.29, 1.82) is 0 Å². The molecule has 1 atom stereocenters. The highest BCUT2D eigenvalue weighted by atomic mass is 32.1. The third-order valence-corrected chi connectivity index (χ3v) is 5.85. The molecule has 1 aliphatic rings. The van der Waals surface area contributed by atoms with Crippen LogP contribution in [0.2, 0.25) is 0 Å². The van der Waals surface area contributed by atoms with E-state index in [0.29, 0.717) is 17.9 Å². The van der Waals surface area contributed by atoms with Crippen LogP contribution in [0.15, 0.2) is 84.5 Å². The fourth-order valence-corrected chi connectivity index (χ4v) is 4.34. The number of carbonyl (C=O) groups excluding carboxylic acids is 2. The first kappa shape index (κ1) is 20.6. The molecule has 0 radical (unpaired) electrons. The molecule has 0 bridgehead atoms. The Labute approximate surface area is 183 Å². The number of aliphatic hydroxyl groups is 1.